The van der Waals surface area contributed by atoms with Gasteiger partial charge in [0.2, 0.25) is 0 Å². The van der Waals surface area contributed by atoms with Gasteiger partial charge in [-0.05, 0) is 62.6 Å². The number of hydrogen-bond donors (Lipinski definition) is 0. The van der Waals surface area contributed by atoms with Gasteiger partial charge >= 0.3 is 0 Å². The van der Waals surface area contributed by atoms with E-state index in [9.17, 15) is 8.42 Å². The molecule has 0 N–H and O–H groups in total. The third-order valence-electron chi connectivity index (χ3n) is 4.49. The quantitative estimate of drug-likeness (QED) is 0.834. The number of sulfonamides is 1. The van der Waals surface area contributed by atoms with Crippen LogP contribution in [0, 0.1) is 0 Å². The fraction of sp³-hybridized carbons (Fsp3) is 0.368. The Labute approximate surface area is 149 Å². The second kappa shape index (κ2) is 6.26. The highest BCUT2D eigenvalue weighted by atomic mass is 32.2. The summed E-state index contributed by atoms with van der Waals surface area (Å²) in [5, 5.41) is 0. The molecule has 0 spiro atoms. The predicted octanol–water partition coefficient (Wildman–Crippen LogP) is 3.62. The molecule has 0 amide bonds. The van der Waals surface area contributed by atoms with E-state index in [0.29, 0.717) is 11.4 Å². The van der Waals surface area contributed by atoms with Gasteiger partial charge in [-0.25, -0.2) is 8.42 Å². The van der Waals surface area contributed by atoms with Crippen molar-refractivity contribution in [2.75, 3.05) is 18.5 Å². The Morgan fingerprint density at radius 1 is 1.16 bits per heavy atom. The number of fused-ring (bicyclic) bond motifs is 1. The zero-order valence-electron chi connectivity index (χ0n) is 14.9. The second-order valence-corrected chi connectivity index (χ2v) is 8.77. The maximum atomic E-state index is 13.0. The molecule has 0 aliphatic carbocycles. The standard InChI is InChI=1S/C19H23NO4S/c1-19(2)11-10-14-12-17(8-9-18(14)24-19)25(21,22)20(3)15-6-5-7-16(13-15)23-4/h5-9,12-13H,10-11H2,1-4H3. The lowest BCUT2D eigenvalue weighted by Crippen LogP contribution is -2.33. The van der Waals surface area contributed by atoms with Crippen molar-refractivity contribution in [1.82, 2.24) is 0 Å². The van der Waals surface area contributed by atoms with E-state index < -0.39 is 10.0 Å². The topological polar surface area (TPSA) is 55.8 Å². The van der Waals surface area contributed by atoms with Crippen molar-refractivity contribution in [3.8, 4) is 11.5 Å². The Balaban J connectivity index is 1.95. The summed E-state index contributed by atoms with van der Waals surface area (Å²) in [4.78, 5) is 0.264. The normalized spacial score (nSPS) is 15.8. The van der Waals surface area contributed by atoms with Crippen molar-refractivity contribution < 1.29 is 17.9 Å². The molecule has 0 atom stereocenters. The van der Waals surface area contributed by atoms with Crippen LogP contribution in [0.5, 0.6) is 11.5 Å². The molecule has 134 valence electrons. The van der Waals surface area contributed by atoms with Gasteiger partial charge in [-0.1, -0.05) is 6.07 Å². The number of hydrogen-bond acceptors (Lipinski definition) is 4. The molecule has 0 radical (unpaired) electrons. The number of rotatable bonds is 4. The van der Waals surface area contributed by atoms with Gasteiger partial charge in [-0.3, -0.25) is 4.31 Å². The molecular weight excluding hydrogens is 338 g/mol. The van der Waals surface area contributed by atoms with E-state index in [1.54, 1.807) is 56.6 Å². The van der Waals surface area contributed by atoms with Crippen molar-refractivity contribution in [2.45, 2.75) is 37.2 Å². The van der Waals surface area contributed by atoms with Crippen LogP contribution in [0.2, 0.25) is 0 Å². The van der Waals surface area contributed by atoms with Crippen LogP contribution in [-0.4, -0.2) is 28.2 Å². The van der Waals surface area contributed by atoms with Crippen LogP contribution in [0.15, 0.2) is 47.4 Å². The van der Waals surface area contributed by atoms with E-state index in [2.05, 4.69) is 0 Å². The van der Waals surface area contributed by atoms with Gasteiger partial charge < -0.3 is 9.47 Å². The van der Waals surface area contributed by atoms with Gasteiger partial charge in [0.1, 0.15) is 17.1 Å². The molecule has 0 bridgehead atoms. The molecule has 0 saturated carbocycles. The van der Waals surface area contributed by atoms with Gasteiger partial charge in [0.15, 0.2) is 0 Å². The van der Waals surface area contributed by atoms with Crippen LogP contribution < -0.4 is 13.8 Å². The molecular formula is C19H23NO4S. The van der Waals surface area contributed by atoms with Crippen LogP contribution in [0.4, 0.5) is 5.69 Å². The molecule has 0 aromatic heterocycles. The largest absolute Gasteiger partial charge is 0.497 e. The lowest BCUT2D eigenvalue weighted by atomic mass is 9.94. The van der Waals surface area contributed by atoms with E-state index >= 15 is 0 Å². The number of anilines is 1. The van der Waals surface area contributed by atoms with Crippen LogP contribution in [0.1, 0.15) is 25.8 Å². The van der Waals surface area contributed by atoms with Crippen molar-refractivity contribution in [1.29, 1.82) is 0 Å². The minimum atomic E-state index is -3.66. The first-order valence-electron chi connectivity index (χ1n) is 8.18. The van der Waals surface area contributed by atoms with E-state index in [0.717, 1.165) is 24.2 Å². The molecule has 0 saturated heterocycles. The first kappa shape index (κ1) is 17.6. The Morgan fingerprint density at radius 2 is 1.92 bits per heavy atom. The van der Waals surface area contributed by atoms with Gasteiger partial charge in [0.05, 0.1) is 17.7 Å². The van der Waals surface area contributed by atoms with Crippen molar-refractivity contribution in [3.05, 3.63) is 48.0 Å². The molecule has 0 fully saturated rings. The van der Waals surface area contributed by atoms with E-state index in [-0.39, 0.29) is 10.5 Å². The van der Waals surface area contributed by atoms with Gasteiger partial charge in [-0.2, -0.15) is 0 Å². The van der Waals surface area contributed by atoms with E-state index in [1.165, 1.54) is 4.31 Å². The minimum Gasteiger partial charge on any atom is -0.497 e. The third kappa shape index (κ3) is 3.44. The monoisotopic (exact) mass is 361 g/mol. The SMILES string of the molecule is COc1cccc(N(C)S(=O)(=O)c2ccc3c(c2)CCC(C)(C)O3)c1. The molecule has 1 heterocycles. The molecule has 25 heavy (non-hydrogen) atoms. The highest BCUT2D eigenvalue weighted by Gasteiger charge is 2.29. The zero-order valence-corrected chi connectivity index (χ0v) is 15.8. The molecule has 3 rings (SSSR count). The van der Waals surface area contributed by atoms with Gasteiger partial charge in [0.25, 0.3) is 10.0 Å². The second-order valence-electron chi connectivity index (χ2n) is 6.81. The first-order valence-corrected chi connectivity index (χ1v) is 9.62. The smallest absolute Gasteiger partial charge is 0.264 e. The number of benzene rings is 2. The van der Waals surface area contributed by atoms with Gasteiger partial charge in [0, 0.05) is 13.1 Å². The molecule has 0 unspecified atom stereocenters. The Kier molecular flexibility index (Phi) is 4.41. The highest BCUT2D eigenvalue weighted by Crippen LogP contribution is 2.35. The van der Waals surface area contributed by atoms with Crippen LogP contribution in [0.25, 0.3) is 0 Å². The Bertz CT molecular complexity index is 890. The molecule has 5 nitrogen and oxygen atoms in total. The molecule has 6 heteroatoms. The lowest BCUT2D eigenvalue weighted by Gasteiger charge is -2.32. The highest BCUT2D eigenvalue weighted by molar-refractivity contribution is 7.92. The lowest BCUT2D eigenvalue weighted by molar-refractivity contribution is 0.0845. The summed E-state index contributed by atoms with van der Waals surface area (Å²) < 4.78 is 38.4. The number of nitrogens with zero attached hydrogens (tertiary/aromatic N) is 1. The maximum absolute atomic E-state index is 13.0. The summed E-state index contributed by atoms with van der Waals surface area (Å²) in [7, 11) is -0.558. The van der Waals surface area contributed by atoms with Gasteiger partial charge in [-0.15, -0.1) is 0 Å². The number of ether oxygens (including phenoxy) is 2. The Morgan fingerprint density at radius 3 is 2.64 bits per heavy atom. The van der Waals surface area contributed by atoms with Crippen LogP contribution >= 0.6 is 0 Å². The van der Waals surface area contributed by atoms with Crippen molar-refractivity contribution in [2.24, 2.45) is 0 Å². The molecule has 1 aliphatic rings. The number of methoxy groups -OCH3 is 1. The van der Waals surface area contributed by atoms with Crippen LogP contribution in [-0.2, 0) is 16.4 Å². The van der Waals surface area contributed by atoms with Crippen molar-refractivity contribution >= 4 is 15.7 Å². The van der Waals surface area contributed by atoms with Crippen LogP contribution in [0.3, 0.4) is 0 Å². The minimum absolute atomic E-state index is 0.217. The first-order chi connectivity index (χ1) is 11.7. The van der Waals surface area contributed by atoms with E-state index in [4.69, 9.17) is 9.47 Å². The summed E-state index contributed by atoms with van der Waals surface area (Å²) >= 11 is 0. The molecule has 2 aromatic rings. The molecule has 2 aromatic carbocycles. The van der Waals surface area contributed by atoms with Crippen molar-refractivity contribution in [3.63, 3.8) is 0 Å². The summed E-state index contributed by atoms with van der Waals surface area (Å²) in [5.74, 6) is 1.37. The Hall–Kier alpha value is -2.21. The predicted molar refractivity (Wildman–Crippen MR) is 98.1 cm³/mol. The molecule has 1 aliphatic heterocycles. The third-order valence-corrected chi connectivity index (χ3v) is 6.27. The number of aryl methyl sites for hydroxylation is 1. The van der Waals surface area contributed by atoms with E-state index in [1.807, 2.05) is 13.8 Å². The fourth-order valence-electron chi connectivity index (χ4n) is 2.90. The summed E-state index contributed by atoms with van der Waals surface area (Å²) in [6.45, 7) is 4.08. The average molecular weight is 361 g/mol. The summed E-state index contributed by atoms with van der Waals surface area (Å²) in [6, 6.07) is 12.1. The average Bonchev–Trinajstić information content (AvgIpc) is 2.59. The fourth-order valence-corrected chi connectivity index (χ4v) is 4.14. The summed E-state index contributed by atoms with van der Waals surface area (Å²) in [6.07, 6.45) is 1.66. The maximum Gasteiger partial charge on any atom is 0.264 e. The zero-order chi connectivity index (χ0) is 18.2. The summed E-state index contributed by atoms with van der Waals surface area (Å²) in [5.41, 5.74) is 1.26.